The second kappa shape index (κ2) is 7.62. The van der Waals surface area contributed by atoms with E-state index in [0.717, 1.165) is 43.1 Å². The minimum Gasteiger partial charge on any atom is -0.440 e. The second-order valence-corrected chi connectivity index (χ2v) is 6.44. The maximum absolute atomic E-state index is 12.4. The highest BCUT2D eigenvalue weighted by Crippen LogP contribution is 2.25. The fourth-order valence-corrected chi connectivity index (χ4v) is 3.30. The molecule has 5 heteroatoms. The minimum absolute atomic E-state index is 0.200. The van der Waals surface area contributed by atoms with Crippen LogP contribution >= 0.6 is 0 Å². The highest BCUT2D eigenvalue weighted by molar-refractivity contribution is 5.76. The average molecular weight is 327 g/mol. The third-order valence-corrected chi connectivity index (χ3v) is 4.56. The van der Waals surface area contributed by atoms with Gasteiger partial charge < -0.3 is 14.6 Å². The molecule has 2 aromatic rings. The van der Waals surface area contributed by atoms with Crippen LogP contribution in [-0.2, 0) is 11.2 Å². The molecule has 0 aliphatic carbocycles. The molecule has 3 rings (SSSR count). The molecule has 0 bridgehead atoms. The van der Waals surface area contributed by atoms with E-state index >= 15 is 0 Å². The molecule has 1 aliphatic rings. The number of carbonyl (C=O) groups excluding carboxylic acids is 1. The van der Waals surface area contributed by atoms with Crippen molar-refractivity contribution in [1.29, 1.82) is 0 Å². The number of nitrogens with one attached hydrogen (secondary N) is 1. The predicted molar refractivity (Wildman–Crippen MR) is 93.6 cm³/mol. The van der Waals surface area contributed by atoms with Gasteiger partial charge in [0.25, 0.3) is 0 Å². The van der Waals surface area contributed by atoms with Crippen molar-refractivity contribution in [3.8, 4) is 11.3 Å². The number of aromatic nitrogens is 1. The first-order valence-corrected chi connectivity index (χ1v) is 8.61. The van der Waals surface area contributed by atoms with Gasteiger partial charge in [0, 0.05) is 31.5 Å². The van der Waals surface area contributed by atoms with Crippen molar-refractivity contribution in [3.63, 3.8) is 0 Å². The van der Waals surface area contributed by atoms with Crippen LogP contribution in [-0.4, -0.2) is 42.5 Å². The summed E-state index contributed by atoms with van der Waals surface area (Å²) in [6.45, 7) is 4.65. The molecule has 1 fully saturated rings. The number of hydrogen-bond acceptors (Lipinski definition) is 4. The number of nitrogens with zero attached hydrogens (tertiary/aromatic N) is 2. The molecule has 1 N–H and O–H groups in total. The van der Waals surface area contributed by atoms with Crippen LogP contribution in [0.3, 0.4) is 0 Å². The largest absolute Gasteiger partial charge is 0.440 e. The summed E-state index contributed by atoms with van der Waals surface area (Å²) in [5.74, 6) is 2.22. The Kier molecular flexibility index (Phi) is 5.30. The van der Waals surface area contributed by atoms with Gasteiger partial charge in [-0.15, -0.1) is 0 Å². The predicted octanol–water partition coefficient (Wildman–Crippen LogP) is 2.65. The van der Waals surface area contributed by atoms with Crippen LogP contribution in [0.4, 0.5) is 0 Å². The maximum atomic E-state index is 12.4. The Morgan fingerprint density at radius 2 is 2.17 bits per heavy atom. The number of hydrogen-bond donors (Lipinski definition) is 1. The molecular formula is C19H25N3O2. The Bertz CT molecular complexity index is 681. The second-order valence-electron chi connectivity index (χ2n) is 6.44. The van der Waals surface area contributed by atoms with E-state index in [1.165, 1.54) is 0 Å². The number of oxazole rings is 1. The maximum Gasteiger partial charge on any atom is 0.223 e. The van der Waals surface area contributed by atoms with Crippen molar-refractivity contribution in [2.45, 2.75) is 26.2 Å². The smallest absolute Gasteiger partial charge is 0.223 e. The molecule has 1 unspecified atom stereocenters. The molecule has 0 spiro atoms. The Morgan fingerprint density at radius 1 is 1.38 bits per heavy atom. The Hall–Kier alpha value is -2.14. The van der Waals surface area contributed by atoms with E-state index in [1.54, 1.807) is 0 Å². The van der Waals surface area contributed by atoms with Gasteiger partial charge >= 0.3 is 0 Å². The molecule has 5 nitrogen and oxygen atoms in total. The zero-order valence-corrected chi connectivity index (χ0v) is 14.4. The third kappa shape index (κ3) is 3.85. The number of amides is 1. The monoisotopic (exact) mass is 327 g/mol. The van der Waals surface area contributed by atoms with Crippen LogP contribution in [0.2, 0.25) is 0 Å². The van der Waals surface area contributed by atoms with Gasteiger partial charge in [0.1, 0.15) is 0 Å². The van der Waals surface area contributed by atoms with Crippen LogP contribution in [0.15, 0.2) is 34.7 Å². The van der Waals surface area contributed by atoms with Gasteiger partial charge in [-0.1, -0.05) is 30.3 Å². The van der Waals surface area contributed by atoms with Crippen LogP contribution in [0.5, 0.6) is 0 Å². The molecular weight excluding hydrogens is 302 g/mol. The fourth-order valence-electron chi connectivity index (χ4n) is 3.30. The normalized spacial score (nSPS) is 17.4. The third-order valence-electron chi connectivity index (χ3n) is 4.56. The van der Waals surface area contributed by atoms with E-state index in [4.69, 9.17) is 4.42 Å². The highest BCUT2D eigenvalue weighted by Gasteiger charge is 2.25. The van der Waals surface area contributed by atoms with Crippen LogP contribution in [0.1, 0.15) is 24.4 Å². The summed E-state index contributed by atoms with van der Waals surface area (Å²) in [6.07, 6.45) is 2.10. The number of carbonyl (C=O) groups is 1. The van der Waals surface area contributed by atoms with Crippen molar-refractivity contribution in [3.05, 3.63) is 41.9 Å². The molecule has 128 valence electrons. The van der Waals surface area contributed by atoms with Crippen LogP contribution in [0.25, 0.3) is 11.3 Å². The Labute approximate surface area is 143 Å². The van der Waals surface area contributed by atoms with Crippen molar-refractivity contribution in [1.82, 2.24) is 15.2 Å². The van der Waals surface area contributed by atoms with Crippen molar-refractivity contribution in [2.75, 3.05) is 26.7 Å². The lowest BCUT2D eigenvalue weighted by Gasteiger charge is -2.16. The summed E-state index contributed by atoms with van der Waals surface area (Å²) in [5.41, 5.74) is 1.90. The molecule has 1 aliphatic heterocycles. The zero-order chi connectivity index (χ0) is 16.9. The molecule has 2 heterocycles. The van der Waals surface area contributed by atoms with Gasteiger partial charge in [-0.2, -0.15) is 0 Å². The fraction of sp³-hybridized carbons (Fsp3) is 0.474. The van der Waals surface area contributed by atoms with E-state index in [2.05, 4.69) is 10.3 Å². The summed E-state index contributed by atoms with van der Waals surface area (Å²) in [5, 5.41) is 3.19. The summed E-state index contributed by atoms with van der Waals surface area (Å²) in [7, 11) is 1.96. The van der Waals surface area contributed by atoms with Gasteiger partial charge in [0.15, 0.2) is 11.7 Å². The van der Waals surface area contributed by atoms with E-state index in [9.17, 15) is 4.79 Å². The summed E-state index contributed by atoms with van der Waals surface area (Å²) >= 11 is 0. The van der Waals surface area contributed by atoms with Gasteiger partial charge in [-0.05, 0) is 32.9 Å². The Morgan fingerprint density at radius 3 is 2.92 bits per heavy atom. The minimum atomic E-state index is 0.200. The lowest BCUT2D eigenvalue weighted by Crippen LogP contribution is -2.30. The number of aryl methyl sites for hydroxylation is 2. The van der Waals surface area contributed by atoms with E-state index < -0.39 is 0 Å². The molecule has 1 amide bonds. The number of benzene rings is 1. The molecule has 1 saturated heterocycles. The lowest BCUT2D eigenvalue weighted by molar-refractivity contribution is -0.130. The van der Waals surface area contributed by atoms with Crippen molar-refractivity contribution in [2.24, 2.45) is 5.92 Å². The van der Waals surface area contributed by atoms with E-state index in [-0.39, 0.29) is 5.91 Å². The first-order chi connectivity index (χ1) is 11.7. The first-order valence-electron chi connectivity index (χ1n) is 8.61. The van der Waals surface area contributed by atoms with E-state index in [1.807, 2.05) is 49.2 Å². The molecule has 1 atom stereocenters. The lowest BCUT2D eigenvalue weighted by atomic mass is 10.1. The van der Waals surface area contributed by atoms with Crippen LogP contribution in [0, 0.1) is 12.8 Å². The van der Waals surface area contributed by atoms with Gasteiger partial charge in [-0.3, -0.25) is 4.79 Å². The molecule has 24 heavy (non-hydrogen) atoms. The van der Waals surface area contributed by atoms with Gasteiger partial charge in [-0.25, -0.2) is 4.98 Å². The Balaban J connectivity index is 1.57. The van der Waals surface area contributed by atoms with E-state index in [0.29, 0.717) is 24.7 Å². The quantitative estimate of drug-likeness (QED) is 0.886. The summed E-state index contributed by atoms with van der Waals surface area (Å²) in [4.78, 5) is 18.8. The molecule has 1 aromatic heterocycles. The van der Waals surface area contributed by atoms with Gasteiger partial charge in [0.05, 0.1) is 5.69 Å². The first kappa shape index (κ1) is 16.7. The SMILES string of the molecule is CNCC1CCN(C(=O)CCc2nc(C)c(-c3ccccc3)o2)C1. The standard InChI is InChI=1S/C19H25N3O2/c1-14-19(16-6-4-3-5-7-16)24-17(21-14)8-9-18(23)22-11-10-15(13-22)12-20-2/h3-7,15,20H,8-13H2,1-2H3. The van der Waals surface area contributed by atoms with Crippen LogP contribution < -0.4 is 5.32 Å². The molecule has 0 radical (unpaired) electrons. The van der Waals surface area contributed by atoms with Crippen molar-refractivity contribution < 1.29 is 9.21 Å². The average Bonchev–Trinajstić information content (AvgIpc) is 3.21. The topological polar surface area (TPSA) is 58.4 Å². The zero-order valence-electron chi connectivity index (χ0n) is 14.4. The van der Waals surface area contributed by atoms with Crippen molar-refractivity contribution >= 4 is 5.91 Å². The summed E-state index contributed by atoms with van der Waals surface area (Å²) in [6, 6.07) is 9.96. The summed E-state index contributed by atoms with van der Waals surface area (Å²) < 4.78 is 5.88. The van der Waals surface area contributed by atoms with Gasteiger partial charge in [0.2, 0.25) is 5.91 Å². The highest BCUT2D eigenvalue weighted by atomic mass is 16.4. The molecule has 0 saturated carbocycles. The number of rotatable bonds is 6. The molecule has 1 aromatic carbocycles. The number of likely N-dealkylation sites (tertiary alicyclic amines) is 1.